The molecule has 14 nitrogen and oxygen atoms in total. The zero-order valence-corrected chi connectivity index (χ0v) is 57.5. The van der Waals surface area contributed by atoms with Crippen LogP contribution in [0, 0.1) is 0 Å². The summed E-state index contributed by atoms with van der Waals surface area (Å²) in [5.41, 5.74) is 0. The highest BCUT2D eigenvalue weighted by Gasteiger charge is 2.51. The Kier molecular flexibility index (Phi) is 56.5. The van der Waals surface area contributed by atoms with Crippen molar-refractivity contribution in [2.75, 3.05) is 19.8 Å². The highest BCUT2D eigenvalue weighted by Crippen LogP contribution is 2.30. The number of amides is 1. The molecule has 0 bridgehead atoms. The summed E-state index contributed by atoms with van der Waals surface area (Å²) < 4.78 is 22.9. The van der Waals surface area contributed by atoms with E-state index in [0.717, 1.165) is 32.1 Å². The molecule has 0 aromatic carbocycles. The van der Waals surface area contributed by atoms with E-state index >= 15 is 0 Å². The third kappa shape index (κ3) is 44.0. The van der Waals surface area contributed by atoms with Gasteiger partial charge in [-0.15, -0.1) is 0 Å². The molecule has 2 aliphatic rings. The Morgan fingerprint density at radius 2 is 0.719 bits per heavy atom. The van der Waals surface area contributed by atoms with Crippen molar-refractivity contribution < 1.29 is 64.6 Å². The van der Waals surface area contributed by atoms with E-state index < -0.39 is 86.8 Å². The van der Waals surface area contributed by atoms with Gasteiger partial charge in [0, 0.05) is 6.42 Å². The molecule has 14 heteroatoms. The third-order valence-corrected chi connectivity index (χ3v) is 18.9. The molecule has 0 aromatic heterocycles. The van der Waals surface area contributed by atoms with Crippen LogP contribution in [0.25, 0.3) is 0 Å². The number of aliphatic hydroxyl groups is 8. The molecule has 2 fully saturated rings. The second-order valence-electron chi connectivity index (χ2n) is 27.1. The monoisotopic (exact) mass is 1270 g/mol. The number of aliphatic hydroxyl groups excluding tert-OH is 8. The van der Waals surface area contributed by atoms with E-state index in [4.69, 9.17) is 18.9 Å². The van der Waals surface area contributed by atoms with Gasteiger partial charge in [0.15, 0.2) is 12.6 Å². The molecule has 12 unspecified atom stereocenters. The zero-order valence-electron chi connectivity index (χ0n) is 57.5. The Labute approximate surface area is 545 Å². The van der Waals surface area contributed by atoms with Gasteiger partial charge in [-0.3, -0.25) is 4.79 Å². The van der Waals surface area contributed by atoms with Gasteiger partial charge in [0.25, 0.3) is 0 Å². The summed E-state index contributed by atoms with van der Waals surface area (Å²) in [4.78, 5) is 13.3. The Morgan fingerprint density at radius 3 is 1.10 bits per heavy atom. The summed E-state index contributed by atoms with van der Waals surface area (Å²) in [7, 11) is 0. The van der Waals surface area contributed by atoms with E-state index in [1.165, 1.54) is 289 Å². The lowest BCUT2D eigenvalue weighted by Gasteiger charge is -2.46. The average Bonchev–Trinajstić information content (AvgIpc) is 3.61. The zero-order chi connectivity index (χ0) is 64.5. The molecule has 526 valence electrons. The molecule has 12 atom stereocenters. The van der Waals surface area contributed by atoms with Gasteiger partial charge in [0.1, 0.15) is 48.8 Å². The fourth-order valence-electron chi connectivity index (χ4n) is 12.8. The number of unbranched alkanes of at least 4 members (excludes halogenated alkanes) is 49. The largest absolute Gasteiger partial charge is 0.394 e. The van der Waals surface area contributed by atoms with Crippen LogP contribution >= 0.6 is 0 Å². The predicted molar refractivity (Wildman–Crippen MR) is 365 cm³/mol. The standard InChI is InChI=1S/C75H143NO13/c1-3-5-7-9-11-13-15-17-19-21-23-25-27-29-30-31-32-33-34-35-36-38-40-42-44-46-48-50-52-54-56-58-64(79)63(62-86-74-72(85)70(83)73(66(61-78)88-74)89-75-71(84)69(82)68(81)65(60-77)87-75)76-67(80)59-57-55-53-51-49-47-45-43-41-39-37-28-26-24-22-20-18-16-14-12-10-8-6-4-2/h48,50,56,58,63-66,68-75,77-79,81-85H,3-47,49,51-55,57,59-62H2,1-2H3,(H,76,80)/b50-48+,58-56+. The van der Waals surface area contributed by atoms with E-state index in [-0.39, 0.29) is 18.9 Å². The molecule has 9 N–H and O–H groups in total. The fourth-order valence-corrected chi connectivity index (χ4v) is 12.8. The third-order valence-electron chi connectivity index (χ3n) is 18.9. The Morgan fingerprint density at radius 1 is 0.393 bits per heavy atom. The molecule has 2 rings (SSSR count). The van der Waals surface area contributed by atoms with Crippen LogP contribution in [0.4, 0.5) is 0 Å². The van der Waals surface area contributed by atoms with Gasteiger partial charge < -0.3 is 65.1 Å². The number of allylic oxidation sites excluding steroid dienone is 3. The molecule has 0 aliphatic carbocycles. The first kappa shape index (κ1) is 83.6. The van der Waals surface area contributed by atoms with Gasteiger partial charge in [-0.2, -0.15) is 0 Å². The van der Waals surface area contributed by atoms with Crippen molar-refractivity contribution in [3.63, 3.8) is 0 Å². The van der Waals surface area contributed by atoms with Crippen molar-refractivity contribution >= 4 is 5.91 Å². The minimum absolute atomic E-state index is 0.241. The van der Waals surface area contributed by atoms with Crippen LogP contribution in [-0.2, 0) is 23.7 Å². The SMILES string of the molecule is CCCCCCCCCCCCCCCCCCCCCCCCCCC/C=C/CC/C=C/C(O)C(COC1OC(CO)C(OC2OC(CO)C(O)C(O)C2O)C(O)C1O)NC(=O)CCCCCCCCCCCCCCCCCCCCCCCCCC. The molecule has 0 saturated carbocycles. The molecule has 1 amide bonds. The van der Waals surface area contributed by atoms with Gasteiger partial charge in [-0.1, -0.05) is 340 Å². The number of rotatable bonds is 64. The normalized spacial score (nSPS) is 23.1. The molecule has 2 saturated heterocycles. The molecule has 89 heavy (non-hydrogen) atoms. The lowest BCUT2D eigenvalue weighted by atomic mass is 9.97. The second kappa shape index (κ2) is 60.2. The molecule has 0 spiro atoms. The number of hydrogen-bond donors (Lipinski definition) is 9. The Balaban J connectivity index is 1.65. The maximum Gasteiger partial charge on any atom is 0.220 e. The van der Waals surface area contributed by atoms with Crippen molar-refractivity contribution in [2.45, 2.75) is 428 Å². The summed E-state index contributed by atoms with van der Waals surface area (Å²) in [6, 6.07) is -0.930. The average molecular weight is 1270 g/mol. The van der Waals surface area contributed by atoms with Gasteiger partial charge in [0.2, 0.25) is 5.91 Å². The highest BCUT2D eigenvalue weighted by molar-refractivity contribution is 5.76. The smallest absolute Gasteiger partial charge is 0.220 e. The summed E-state index contributed by atoms with van der Waals surface area (Å²) >= 11 is 0. The van der Waals surface area contributed by atoms with Crippen molar-refractivity contribution in [2.24, 2.45) is 0 Å². The van der Waals surface area contributed by atoms with E-state index in [1.54, 1.807) is 6.08 Å². The van der Waals surface area contributed by atoms with E-state index in [1.807, 2.05) is 6.08 Å². The van der Waals surface area contributed by atoms with Crippen molar-refractivity contribution in [1.82, 2.24) is 5.32 Å². The van der Waals surface area contributed by atoms with Crippen LogP contribution in [0.5, 0.6) is 0 Å². The molecule has 0 aromatic rings. The van der Waals surface area contributed by atoms with Crippen LogP contribution in [-0.4, -0.2) is 140 Å². The maximum atomic E-state index is 13.3. The number of nitrogens with one attached hydrogen (secondary N) is 1. The Hall–Kier alpha value is -1.53. The molecular weight excluding hydrogens is 1120 g/mol. The van der Waals surface area contributed by atoms with E-state index in [2.05, 4.69) is 31.3 Å². The topological polar surface area (TPSA) is 228 Å². The molecule has 2 heterocycles. The van der Waals surface area contributed by atoms with Crippen molar-refractivity contribution in [3.8, 4) is 0 Å². The van der Waals surface area contributed by atoms with Gasteiger partial charge in [-0.05, 0) is 32.1 Å². The minimum atomic E-state index is -1.79. The van der Waals surface area contributed by atoms with Crippen LogP contribution in [0.3, 0.4) is 0 Å². The van der Waals surface area contributed by atoms with Crippen LogP contribution < -0.4 is 5.32 Å². The molecule has 0 radical (unpaired) electrons. The first-order chi connectivity index (χ1) is 43.6. The first-order valence-corrected chi connectivity index (χ1v) is 38.1. The summed E-state index contributed by atoms with van der Waals surface area (Å²) in [6.07, 6.45) is 59.7. The van der Waals surface area contributed by atoms with Gasteiger partial charge >= 0.3 is 0 Å². The van der Waals surface area contributed by atoms with Crippen molar-refractivity contribution in [1.29, 1.82) is 0 Å². The quantitative estimate of drug-likeness (QED) is 0.0204. The van der Waals surface area contributed by atoms with Crippen LogP contribution in [0.2, 0.25) is 0 Å². The number of carbonyl (C=O) groups excluding carboxylic acids is 1. The predicted octanol–water partition coefficient (Wildman–Crippen LogP) is 16.3. The second-order valence-corrected chi connectivity index (χ2v) is 27.1. The first-order valence-electron chi connectivity index (χ1n) is 38.1. The minimum Gasteiger partial charge on any atom is -0.394 e. The summed E-state index contributed by atoms with van der Waals surface area (Å²) in [5.74, 6) is -0.241. The molecule has 2 aliphatic heterocycles. The van der Waals surface area contributed by atoms with E-state index in [0.29, 0.717) is 12.8 Å². The number of ether oxygens (including phenoxy) is 4. The number of hydrogen-bond acceptors (Lipinski definition) is 13. The van der Waals surface area contributed by atoms with Gasteiger partial charge in [0.05, 0.1) is 32.0 Å². The lowest BCUT2D eigenvalue weighted by molar-refractivity contribution is -0.359. The maximum absolute atomic E-state index is 13.3. The Bertz CT molecular complexity index is 1590. The summed E-state index contributed by atoms with van der Waals surface area (Å²) in [5, 5.41) is 87.5. The van der Waals surface area contributed by atoms with Crippen molar-refractivity contribution in [3.05, 3.63) is 24.3 Å². The molecular formula is C75H143NO13. The summed E-state index contributed by atoms with van der Waals surface area (Å²) in [6.45, 7) is 2.85. The highest BCUT2D eigenvalue weighted by atomic mass is 16.7. The van der Waals surface area contributed by atoms with Gasteiger partial charge in [-0.25, -0.2) is 0 Å². The fraction of sp³-hybridized carbons (Fsp3) is 0.933. The van der Waals surface area contributed by atoms with E-state index in [9.17, 15) is 45.6 Å². The van der Waals surface area contributed by atoms with Crippen LogP contribution in [0.15, 0.2) is 24.3 Å². The lowest BCUT2D eigenvalue weighted by Crippen LogP contribution is -2.65. The number of carbonyl (C=O) groups is 1. The van der Waals surface area contributed by atoms with Crippen LogP contribution in [0.1, 0.15) is 354 Å².